The number of allylic oxidation sites excluding steroid dienone is 9. The first-order chi connectivity index (χ1) is 16.1. The third-order valence-electron chi connectivity index (χ3n) is 5.03. The lowest BCUT2D eigenvalue weighted by Crippen LogP contribution is -2.41. The first-order valence-corrected chi connectivity index (χ1v) is 12.0. The summed E-state index contributed by atoms with van der Waals surface area (Å²) in [5.74, 6) is -1.49. The van der Waals surface area contributed by atoms with Crippen LogP contribution < -0.4 is 5.32 Å². The van der Waals surface area contributed by atoms with Crippen LogP contribution in [0.4, 0.5) is 0 Å². The molecule has 0 aliphatic heterocycles. The number of benzene rings is 1. The van der Waals surface area contributed by atoms with E-state index in [0.29, 0.717) is 0 Å². The van der Waals surface area contributed by atoms with Crippen LogP contribution in [0.2, 0.25) is 0 Å². The topological polar surface area (TPSA) is 66.4 Å². The molecule has 1 rings (SSSR count). The van der Waals surface area contributed by atoms with Gasteiger partial charge in [0.1, 0.15) is 6.04 Å². The summed E-state index contributed by atoms with van der Waals surface area (Å²) < 4.78 is 0. The second kappa shape index (κ2) is 19.5. The van der Waals surface area contributed by atoms with Crippen molar-refractivity contribution in [2.24, 2.45) is 0 Å². The number of nitrogens with one attached hydrogen (secondary N) is 1. The summed E-state index contributed by atoms with van der Waals surface area (Å²) >= 11 is 0. The van der Waals surface area contributed by atoms with Crippen LogP contribution in [0.15, 0.2) is 91.1 Å². The smallest absolute Gasteiger partial charge is 0.326 e. The van der Waals surface area contributed by atoms with Gasteiger partial charge in [0.15, 0.2) is 0 Å². The molecule has 0 aliphatic carbocycles. The first-order valence-electron chi connectivity index (χ1n) is 12.0. The minimum absolute atomic E-state index is 0.244. The fraction of sp³-hybridized carbons (Fsp3) is 0.379. The largest absolute Gasteiger partial charge is 0.480 e. The van der Waals surface area contributed by atoms with Crippen molar-refractivity contribution in [2.75, 3.05) is 0 Å². The Bertz CT molecular complexity index is 803. The normalized spacial score (nSPS) is 13.1. The van der Waals surface area contributed by atoms with Crippen molar-refractivity contribution < 1.29 is 14.7 Å². The van der Waals surface area contributed by atoms with Crippen molar-refractivity contribution in [3.8, 4) is 0 Å². The Balaban J connectivity index is 2.21. The van der Waals surface area contributed by atoms with Crippen LogP contribution >= 0.6 is 0 Å². The molecule has 4 nitrogen and oxygen atoms in total. The van der Waals surface area contributed by atoms with Gasteiger partial charge in [0.2, 0.25) is 5.91 Å². The third-order valence-corrected chi connectivity index (χ3v) is 5.03. The van der Waals surface area contributed by atoms with Crippen LogP contribution in [-0.2, 0) is 16.0 Å². The molecule has 0 radical (unpaired) electrons. The summed E-state index contributed by atoms with van der Waals surface area (Å²) in [6.07, 6.45) is 29.2. The monoisotopic (exact) mass is 449 g/mol. The average molecular weight is 450 g/mol. The maximum atomic E-state index is 12.0. The van der Waals surface area contributed by atoms with Crippen molar-refractivity contribution in [1.29, 1.82) is 0 Å². The van der Waals surface area contributed by atoms with Crippen LogP contribution in [0, 0.1) is 0 Å². The summed E-state index contributed by atoms with van der Waals surface area (Å²) in [6, 6.07) is 8.28. The summed E-state index contributed by atoms with van der Waals surface area (Å²) in [5, 5.41) is 11.9. The number of hydrogen-bond donors (Lipinski definition) is 2. The fourth-order valence-electron chi connectivity index (χ4n) is 3.19. The van der Waals surface area contributed by atoms with Gasteiger partial charge < -0.3 is 10.4 Å². The number of carbonyl (C=O) groups is 2. The van der Waals surface area contributed by atoms with E-state index in [2.05, 4.69) is 24.4 Å². The lowest BCUT2D eigenvalue weighted by Gasteiger charge is -2.13. The van der Waals surface area contributed by atoms with E-state index in [1.54, 1.807) is 12.2 Å². The van der Waals surface area contributed by atoms with Crippen LogP contribution in [0.3, 0.4) is 0 Å². The molecule has 1 atom stereocenters. The summed E-state index contributed by atoms with van der Waals surface area (Å²) in [6.45, 7) is 2.25. The Morgan fingerprint density at radius 2 is 1.39 bits per heavy atom. The Kier molecular flexibility index (Phi) is 16.5. The minimum atomic E-state index is -1.05. The van der Waals surface area contributed by atoms with Crippen molar-refractivity contribution in [3.05, 3.63) is 96.7 Å². The zero-order chi connectivity index (χ0) is 24.0. The van der Waals surface area contributed by atoms with E-state index in [0.717, 1.165) is 12.0 Å². The number of rotatable bonds is 17. The van der Waals surface area contributed by atoms with Crippen molar-refractivity contribution >= 4 is 11.9 Å². The lowest BCUT2D eigenvalue weighted by molar-refractivity contribution is -0.141. The van der Waals surface area contributed by atoms with Crippen LogP contribution in [0.25, 0.3) is 0 Å². The molecule has 0 spiro atoms. The quantitative estimate of drug-likeness (QED) is 0.158. The van der Waals surface area contributed by atoms with E-state index >= 15 is 0 Å². The zero-order valence-corrected chi connectivity index (χ0v) is 19.9. The maximum Gasteiger partial charge on any atom is 0.326 e. The number of aliphatic carboxylic acids is 1. The number of carbonyl (C=O) groups excluding carboxylic acids is 1. The molecule has 1 amide bonds. The molecule has 1 aromatic carbocycles. The van der Waals surface area contributed by atoms with E-state index in [4.69, 9.17) is 0 Å². The molecule has 0 heterocycles. The number of amides is 1. The predicted molar refractivity (Wildman–Crippen MR) is 138 cm³/mol. The Labute approximate surface area is 199 Å². The molecule has 0 fully saturated rings. The van der Waals surface area contributed by atoms with Gasteiger partial charge in [-0.3, -0.25) is 4.79 Å². The molecule has 0 aromatic heterocycles. The van der Waals surface area contributed by atoms with Gasteiger partial charge in [0, 0.05) is 12.5 Å². The molecule has 0 saturated carbocycles. The Morgan fingerprint density at radius 1 is 0.818 bits per heavy atom. The number of carboxylic acid groups (broad SMARTS) is 1. The second-order valence-corrected chi connectivity index (χ2v) is 7.94. The van der Waals surface area contributed by atoms with E-state index in [-0.39, 0.29) is 6.42 Å². The van der Waals surface area contributed by atoms with Gasteiger partial charge in [0.25, 0.3) is 0 Å². The molecule has 1 unspecified atom stereocenters. The zero-order valence-electron chi connectivity index (χ0n) is 19.9. The summed E-state index contributed by atoms with van der Waals surface area (Å²) in [7, 11) is 0. The van der Waals surface area contributed by atoms with Gasteiger partial charge in [-0.05, 0) is 18.4 Å². The molecule has 1 aromatic rings. The van der Waals surface area contributed by atoms with Gasteiger partial charge in [-0.2, -0.15) is 0 Å². The van der Waals surface area contributed by atoms with Gasteiger partial charge in [-0.1, -0.05) is 130 Å². The van der Waals surface area contributed by atoms with E-state index in [1.807, 2.05) is 60.7 Å². The highest BCUT2D eigenvalue weighted by Gasteiger charge is 2.19. The molecule has 0 saturated heterocycles. The minimum Gasteiger partial charge on any atom is -0.480 e. The number of hydrogen-bond acceptors (Lipinski definition) is 2. The molecule has 33 heavy (non-hydrogen) atoms. The van der Waals surface area contributed by atoms with Crippen molar-refractivity contribution in [2.45, 2.75) is 70.8 Å². The van der Waals surface area contributed by atoms with Gasteiger partial charge in [-0.25, -0.2) is 4.79 Å². The molecular formula is C29H39NO3. The van der Waals surface area contributed by atoms with E-state index in [9.17, 15) is 14.7 Å². The lowest BCUT2D eigenvalue weighted by atomic mass is 10.1. The van der Waals surface area contributed by atoms with E-state index < -0.39 is 17.9 Å². The highest BCUT2D eigenvalue weighted by Crippen LogP contribution is 2.08. The van der Waals surface area contributed by atoms with Gasteiger partial charge in [-0.15, -0.1) is 0 Å². The van der Waals surface area contributed by atoms with Crippen molar-refractivity contribution in [1.82, 2.24) is 5.32 Å². The Hall–Kier alpha value is -3.14. The predicted octanol–water partition coefficient (Wildman–Crippen LogP) is 6.72. The first kappa shape index (κ1) is 27.9. The molecule has 178 valence electrons. The summed E-state index contributed by atoms with van der Waals surface area (Å²) in [5.41, 5.74) is 0.861. The molecular weight excluding hydrogens is 410 g/mol. The van der Waals surface area contributed by atoms with Crippen LogP contribution in [0.1, 0.15) is 63.9 Å². The standard InChI is InChI=1S/C29H39NO3/c1-2-3-4-5-6-7-8-9-10-11-12-13-14-15-16-17-21-24-28(31)30-27(29(32)33)25-26-22-19-18-20-23-26/h10-24,27H,2-9,25H2,1H3,(H,30,31)(H,32,33). The highest BCUT2D eigenvalue weighted by molar-refractivity contribution is 5.91. The number of unbranched alkanes of at least 4 members (excludes halogenated alkanes) is 7. The summed E-state index contributed by atoms with van der Waals surface area (Å²) in [4.78, 5) is 23.4. The number of carboxylic acids is 1. The van der Waals surface area contributed by atoms with Gasteiger partial charge in [0.05, 0.1) is 0 Å². The Morgan fingerprint density at radius 3 is 2.03 bits per heavy atom. The second-order valence-electron chi connectivity index (χ2n) is 7.94. The van der Waals surface area contributed by atoms with E-state index in [1.165, 1.54) is 51.0 Å². The molecule has 2 N–H and O–H groups in total. The van der Waals surface area contributed by atoms with Crippen molar-refractivity contribution in [3.63, 3.8) is 0 Å². The highest BCUT2D eigenvalue weighted by atomic mass is 16.4. The van der Waals surface area contributed by atoms with Crippen LogP contribution in [0.5, 0.6) is 0 Å². The van der Waals surface area contributed by atoms with Crippen LogP contribution in [-0.4, -0.2) is 23.0 Å². The SMILES string of the molecule is CCCCCCCCCC=CC=CC=CC=CC=CC(=O)NC(Cc1ccccc1)C(=O)O. The average Bonchev–Trinajstić information content (AvgIpc) is 2.81. The third kappa shape index (κ3) is 16.2. The molecule has 0 aliphatic rings. The van der Waals surface area contributed by atoms with Gasteiger partial charge >= 0.3 is 5.97 Å². The fourth-order valence-corrected chi connectivity index (χ4v) is 3.19. The maximum absolute atomic E-state index is 12.0. The molecule has 4 heteroatoms. The molecule has 0 bridgehead atoms.